The predicted molar refractivity (Wildman–Crippen MR) is 123 cm³/mol. The van der Waals surface area contributed by atoms with Crippen molar-refractivity contribution in [3.8, 4) is 16.9 Å². The molecule has 2 aromatic carbocycles. The largest absolute Gasteiger partial charge is 0.351 e. The van der Waals surface area contributed by atoms with Crippen molar-refractivity contribution in [3.63, 3.8) is 0 Å². The minimum absolute atomic E-state index is 0.0428. The van der Waals surface area contributed by atoms with E-state index in [4.69, 9.17) is 5.10 Å². The summed E-state index contributed by atoms with van der Waals surface area (Å²) in [4.78, 5) is 17.2. The van der Waals surface area contributed by atoms with Crippen molar-refractivity contribution >= 4 is 5.91 Å². The van der Waals surface area contributed by atoms with Gasteiger partial charge in [-0.1, -0.05) is 61.9 Å². The number of carbonyl (C=O) groups is 1. The maximum atomic E-state index is 13.1. The van der Waals surface area contributed by atoms with Crippen LogP contribution in [0.3, 0.4) is 0 Å². The van der Waals surface area contributed by atoms with Gasteiger partial charge in [0.1, 0.15) is 0 Å². The fourth-order valence-corrected chi connectivity index (χ4v) is 3.73. The number of rotatable bonds is 8. The van der Waals surface area contributed by atoms with E-state index < -0.39 is 0 Å². The molecule has 0 bridgehead atoms. The first-order valence-electron chi connectivity index (χ1n) is 10.6. The summed E-state index contributed by atoms with van der Waals surface area (Å²) < 4.78 is 1.86. The first-order chi connectivity index (χ1) is 15.3. The van der Waals surface area contributed by atoms with Crippen LogP contribution in [0, 0.1) is 0 Å². The summed E-state index contributed by atoms with van der Waals surface area (Å²) >= 11 is 0. The van der Waals surface area contributed by atoms with E-state index in [-0.39, 0.29) is 11.8 Å². The second-order valence-electron chi connectivity index (χ2n) is 7.49. The Labute approximate surface area is 182 Å². The molecule has 0 aliphatic rings. The molecule has 0 saturated heterocycles. The van der Waals surface area contributed by atoms with Gasteiger partial charge in [0.15, 0.2) is 0 Å². The smallest absolute Gasteiger partial charge is 0.227 e. The van der Waals surface area contributed by atoms with Gasteiger partial charge in [-0.2, -0.15) is 5.10 Å². The lowest BCUT2D eigenvalue weighted by Crippen LogP contribution is -2.29. The van der Waals surface area contributed by atoms with Crippen LogP contribution in [0.25, 0.3) is 16.9 Å². The fraction of sp³-hybridized carbons (Fsp3) is 0.192. The Balaban J connectivity index is 1.60. The van der Waals surface area contributed by atoms with E-state index in [0.29, 0.717) is 6.54 Å². The van der Waals surface area contributed by atoms with Gasteiger partial charge < -0.3 is 5.32 Å². The summed E-state index contributed by atoms with van der Waals surface area (Å²) in [5.74, 6) is -0.110. The van der Waals surface area contributed by atoms with Crippen molar-refractivity contribution in [2.75, 3.05) is 0 Å². The van der Waals surface area contributed by atoms with Gasteiger partial charge in [-0.15, -0.1) is 0 Å². The molecule has 1 unspecified atom stereocenters. The average molecular weight is 411 g/mol. The third-order valence-electron chi connectivity index (χ3n) is 5.31. The fourth-order valence-electron chi connectivity index (χ4n) is 3.73. The van der Waals surface area contributed by atoms with Crippen LogP contribution in [0.2, 0.25) is 0 Å². The van der Waals surface area contributed by atoms with E-state index in [1.165, 1.54) is 0 Å². The minimum atomic E-state index is -0.153. The summed E-state index contributed by atoms with van der Waals surface area (Å²) in [5, 5.41) is 7.95. The molecule has 1 atom stereocenters. The molecular weight excluding hydrogens is 384 g/mol. The molecule has 0 spiro atoms. The van der Waals surface area contributed by atoms with Crippen LogP contribution < -0.4 is 5.32 Å². The second-order valence-corrected chi connectivity index (χ2v) is 7.49. The van der Waals surface area contributed by atoms with Gasteiger partial charge in [-0.05, 0) is 36.2 Å². The van der Waals surface area contributed by atoms with Gasteiger partial charge in [0, 0.05) is 36.3 Å². The van der Waals surface area contributed by atoms with E-state index in [2.05, 4.69) is 17.2 Å². The summed E-state index contributed by atoms with van der Waals surface area (Å²) in [7, 11) is 0. The molecular formula is C26H26N4O. The molecule has 5 nitrogen and oxygen atoms in total. The molecule has 0 fully saturated rings. The SMILES string of the molecule is CCCC(C(=O)NCc1cn(-c2ccccc2)nc1-c1ccncc1)c1ccccc1. The zero-order chi connectivity index (χ0) is 21.5. The van der Waals surface area contributed by atoms with E-state index >= 15 is 0 Å². The highest BCUT2D eigenvalue weighted by molar-refractivity contribution is 5.83. The molecule has 2 heterocycles. The normalized spacial score (nSPS) is 11.8. The summed E-state index contributed by atoms with van der Waals surface area (Å²) in [6.07, 6.45) is 7.26. The van der Waals surface area contributed by atoms with E-state index in [1.807, 2.05) is 83.7 Å². The lowest BCUT2D eigenvalue weighted by molar-refractivity contribution is -0.122. The lowest BCUT2D eigenvalue weighted by atomic mass is 9.93. The number of nitrogens with one attached hydrogen (secondary N) is 1. The quantitative estimate of drug-likeness (QED) is 0.438. The third kappa shape index (κ3) is 4.89. The first kappa shape index (κ1) is 20.5. The predicted octanol–water partition coefficient (Wildman–Crippen LogP) is 5.13. The maximum absolute atomic E-state index is 13.1. The van der Waals surface area contributed by atoms with Crippen molar-refractivity contribution in [2.24, 2.45) is 0 Å². The van der Waals surface area contributed by atoms with E-state index in [9.17, 15) is 4.79 Å². The number of pyridine rings is 1. The minimum Gasteiger partial charge on any atom is -0.351 e. The molecule has 0 aliphatic carbocycles. The van der Waals surface area contributed by atoms with Gasteiger partial charge in [0.05, 0.1) is 17.3 Å². The summed E-state index contributed by atoms with van der Waals surface area (Å²) in [6.45, 7) is 2.52. The monoisotopic (exact) mass is 410 g/mol. The second kappa shape index (κ2) is 9.85. The van der Waals surface area contributed by atoms with Crippen molar-refractivity contribution in [1.82, 2.24) is 20.1 Å². The Bertz CT molecular complexity index is 1110. The molecule has 0 radical (unpaired) electrons. The Morgan fingerprint density at radius 1 is 0.968 bits per heavy atom. The zero-order valence-corrected chi connectivity index (χ0v) is 17.6. The van der Waals surface area contributed by atoms with Crippen LogP contribution in [-0.2, 0) is 11.3 Å². The van der Waals surface area contributed by atoms with Gasteiger partial charge in [-0.3, -0.25) is 9.78 Å². The Hall–Kier alpha value is -3.73. The van der Waals surface area contributed by atoms with Crippen LogP contribution >= 0.6 is 0 Å². The van der Waals surface area contributed by atoms with Crippen LogP contribution in [0.15, 0.2) is 91.4 Å². The molecule has 1 N–H and O–H groups in total. The molecule has 0 aliphatic heterocycles. The molecule has 4 rings (SSSR count). The maximum Gasteiger partial charge on any atom is 0.227 e. The number of nitrogens with zero attached hydrogens (tertiary/aromatic N) is 3. The first-order valence-corrected chi connectivity index (χ1v) is 10.6. The Kier molecular flexibility index (Phi) is 6.53. The summed E-state index contributed by atoms with van der Waals surface area (Å²) in [5.41, 5.74) is 4.81. The van der Waals surface area contributed by atoms with Gasteiger partial charge >= 0.3 is 0 Å². The van der Waals surface area contributed by atoms with Crippen LogP contribution in [-0.4, -0.2) is 20.7 Å². The van der Waals surface area contributed by atoms with Crippen LogP contribution in [0.4, 0.5) is 0 Å². The molecule has 31 heavy (non-hydrogen) atoms. The molecule has 4 aromatic rings. The highest BCUT2D eigenvalue weighted by Crippen LogP contribution is 2.25. The van der Waals surface area contributed by atoms with Crippen molar-refractivity contribution < 1.29 is 4.79 Å². The number of amides is 1. The van der Waals surface area contributed by atoms with Gasteiger partial charge in [0.2, 0.25) is 5.91 Å². The number of aromatic nitrogens is 3. The standard InChI is InChI=1S/C26H26N4O/c1-2-9-24(20-10-5-3-6-11-20)26(31)28-18-22-19-30(23-12-7-4-8-13-23)29-25(22)21-14-16-27-17-15-21/h3-8,10-17,19,24H,2,9,18H2,1H3,(H,28,31). The third-order valence-corrected chi connectivity index (χ3v) is 5.31. The van der Waals surface area contributed by atoms with E-state index in [0.717, 1.165) is 40.9 Å². The van der Waals surface area contributed by atoms with Crippen molar-refractivity contribution in [1.29, 1.82) is 0 Å². The number of carbonyl (C=O) groups excluding carboxylic acids is 1. The number of hydrogen-bond acceptors (Lipinski definition) is 3. The van der Waals surface area contributed by atoms with Crippen LogP contribution in [0.1, 0.15) is 36.8 Å². The molecule has 0 saturated carbocycles. The van der Waals surface area contributed by atoms with Crippen LogP contribution in [0.5, 0.6) is 0 Å². The number of para-hydroxylation sites is 1. The highest BCUT2D eigenvalue weighted by Gasteiger charge is 2.20. The van der Waals surface area contributed by atoms with Gasteiger partial charge in [-0.25, -0.2) is 4.68 Å². The zero-order valence-electron chi connectivity index (χ0n) is 17.6. The Morgan fingerprint density at radius 2 is 1.65 bits per heavy atom. The van der Waals surface area contributed by atoms with Crippen molar-refractivity contribution in [2.45, 2.75) is 32.2 Å². The summed E-state index contributed by atoms with van der Waals surface area (Å²) in [6, 6.07) is 23.8. The lowest BCUT2D eigenvalue weighted by Gasteiger charge is -2.16. The molecule has 1 amide bonds. The molecule has 5 heteroatoms. The van der Waals surface area contributed by atoms with Crippen molar-refractivity contribution in [3.05, 3.63) is 103 Å². The number of hydrogen-bond donors (Lipinski definition) is 1. The Morgan fingerprint density at radius 3 is 2.32 bits per heavy atom. The molecule has 2 aromatic heterocycles. The average Bonchev–Trinajstić information content (AvgIpc) is 3.27. The molecule has 156 valence electrons. The number of benzene rings is 2. The van der Waals surface area contributed by atoms with Gasteiger partial charge in [0.25, 0.3) is 0 Å². The highest BCUT2D eigenvalue weighted by atomic mass is 16.1. The van der Waals surface area contributed by atoms with E-state index in [1.54, 1.807) is 12.4 Å². The topological polar surface area (TPSA) is 59.8 Å².